The van der Waals surface area contributed by atoms with Crippen LogP contribution >= 0.6 is 0 Å². The van der Waals surface area contributed by atoms with Gasteiger partial charge in [-0.15, -0.1) is 0 Å². The van der Waals surface area contributed by atoms with Gasteiger partial charge in [0, 0.05) is 19.0 Å². The van der Waals surface area contributed by atoms with Gasteiger partial charge < -0.3 is 9.32 Å². The number of nitrogens with zero attached hydrogens (tertiary/aromatic N) is 2. The van der Waals surface area contributed by atoms with Crippen LogP contribution in [0.5, 0.6) is 0 Å². The van der Waals surface area contributed by atoms with Crippen LogP contribution in [0.25, 0.3) is 11.1 Å². The lowest BCUT2D eigenvalue weighted by Crippen LogP contribution is -2.25. The number of anilines is 1. The second-order valence-electron chi connectivity index (χ2n) is 6.51. The lowest BCUT2D eigenvalue weighted by molar-refractivity contribution is -0.118. The van der Waals surface area contributed by atoms with E-state index in [4.69, 9.17) is 4.42 Å². The first kappa shape index (κ1) is 19.5. The Kier molecular flexibility index (Phi) is 5.68. The van der Waals surface area contributed by atoms with Gasteiger partial charge in [0.05, 0.1) is 18.3 Å². The summed E-state index contributed by atoms with van der Waals surface area (Å²) < 4.78 is 19.8. The fourth-order valence-corrected chi connectivity index (χ4v) is 2.90. The normalized spacial score (nSPS) is 10.7. The number of Topliss-reactive ketones (excluding diaryl/α,β-unsaturated/α-hetero) is 1. The standard InChI is InChI=1S/C22H21FN2O3/c1-4-22(27)25(3)19-10-9-17(11-18(19)23)15-5-7-16(8-6-15)20(26)12-21-24-13-14(2)28-21/h5-11,13H,4,12H2,1-3H3. The van der Waals surface area contributed by atoms with Crippen molar-refractivity contribution in [3.8, 4) is 11.1 Å². The first-order valence-corrected chi connectivity index (χ1v) is 9.00. The molecule has 0 bridgehead atoms. The van der Waals surface area contributed by atoms with Crippen molar-refractivity contribution in [1.82, 2.24) is 4.98 Å². The fraction of sp³-hybridized carbons (Fsp3) is 0.227. The average molecular weight is 380 g/mol. The number of amides is 1. The van der Waals surface area contributed by atoms with Gasteiger partial charge in [-0.3, -0.25) is 9.59 Å². The van der Waals surface area contributed by atoms with Crippen LogP contribution in [0.2, 0.25) is 0 Å². The van der Waals surface area contributed by atoms with Crippen molar-refractivity contribution in [1.29, 1.82) is 0 Å². The Morgan fingerprint density at radius 3 is 2.36 bits per heavy atom. The van der Waals surface area contributed by atoms with Crippen molar-refractivity contribution in [2.24, 2.45) is 0 Å². The molecule has 0 spiro atoms. The van der Waals surface area contributed by atoms with E-state index in [2.05, 4.69) is 4.98 Å². The van der Waals surface area contributed by atoms with Crippen LogP contribution in [0.1, 0.15) is 35.4 Å². The van der Waals surface area contributed by atoms with Gasteiger partial charge in [-0.2, -0.15) is 0 Å². The number of carbonyl (C=O) groups is 2. The maximum Gasteiger partial charge on any atom is 0.226 e. The van der Waals surface area contributed by atoms with Crippen molar-refractivity contribution in [2.75, 3.05) is 11.9 Å². The first-order chi connectivity index (χ1) is 13.4. The summed E-state index contributed by atoms with van der Waals surface area (Å²) in [5.41, 5.74) is 2.22. The zero-order valence-corrected chi connectivity index (χ0v) is 16.0. The molecule has 1 amide bonds. The van der Waals surface area contributed by atoms with E-state index in [1.165, 1.54) is 11.0 Å². The number of hydrogen-bond donors (Lipinski definition) is 0. The zero-order chi connectivity index (χ0) is 20.3. The number of rotatable bonds is 6. The van der Waals surface area contributed by atoms with Gasteiger partial charge in [-0.25, -0.2) is 9.37 Å². The molecule has 0 aliphatic carbocycles. The number of benzene rings is 2. The fourth-order valence-electron chi connectivity index (χ4n) is 2.90. The van der Waals surface area contributed by atoms with E-state index in [0.717, 1.165) is 5.56 Å². The van der Waals surface area contributed by atoms with Crippen LogP contribution in [-0.2, 0) is 11.2 Å². The SMILES string of the molecule is CCC(=O)N(C)c1ccc(-c2ccc(C(=O)Cc3ncc(C)o3)cc2)cc1F. The van der Waals surface area contributed by atoms with Crippen LogP contribution in [0.15, 0.2) is 53.1 Å². The minimum Gasteiger partial charge on any atom is -0.446 e. The number of hydrogen-bond acceptors (Lipinski definition) is 4. The maximum absolute atomic E-state index is 14.5. The lowest BCUT2D eigenvalue weighted by atomic mass is 10.0. The molecule has 28 heavy (non-hydrogen) atoms. The molecule has 0 saturated carbocycles. The Hall–Kier alpha value is -3.28. The van der Waals surface area contributed by atoms with E-state index in [0.29, 0.717) is 29.2 Å². The topological polar surface area (TPSA) is 63.4 Å². The van der Waals surface area contributed by atoms with Gasteiger partial charge in [0.25, 0.3) is 0 Å². The lowest BCUT2D eigenvalue weighted by Gasteiger charge is -2.17. The van der Waals surface area contributed by atoms with Gasteiger partial charge in [0.2, 0.25) is 11.8 Å². The van der Waals surface area contributed by atoms with E-state index in [9.17, 15) is 14.0 Å². The van der Waals surface area contributed by atoms with E-state index in [1.54, 1.807) is 63.5 Å². The van der Waals surface area contributed by atoms with Gasteiger partial charge in [-0.05, 0) is 30.2 Å². The number of aromatic nitrogens is 1. The van der Waals surface area contributed by atoms with Crippen molar-refractivity contribution in [2.45, 2.75) is 26.7 Å². The van der Waals surface area contributed by atoms with Crippen LogP contribution in [0.4, 0.5) is 10.1 Å². The van der Waals surface area contributed by atoms with Crippen molar-refractivity contribution >= 4 is 17.4 Å². The molecular formula is C22H21FN2O3. The van der Waals surface area contributed by atoms with Crippen LogP contribution in [-0.4, -0.2) is 23.7 Å². The highest BCUT2D eigenvalue weighted by Gasteiger charge is 2.15. The first-order valence-electron chi connectivity index (χ1n) is 9.00. The predicted molar refractivity (Wildman–Crippen MR) is 105 cm³/mol. The molecule has 1 aromatic heterocycles. The second-order valence-corrected chi connectivity index (χ2v) is 6.51. The molecule has 5 nitrogen and oxygen atoms in total. The molecule has 0 N–H and O–H groups in total. The monoisotopic (exact) mass is 380 g/mol. The summed E-state index contributed by atoms with van der Waals surface area (Å²) in [6, 6.07) is 11.7. The highest BCUT2D eigenvalue weighted by molar-refractivity contribution is 5.97. The second kappa shape index (κ2) is 8.17. The molecule has 144 valence electrons. The van der Waals surface area contributed by atoms with Crippen molar-refractivity contribution in [3.05, 3.63) is 71.7 Å². The van der Waals surface area contributed by atoms with Gasteiger partial charge in [0.1, 0.15) is 11.6 Å². The Balaban J connectivity index is 1.77. The van der Waals surface area contributed by atoms with Crippen LogP contribution < -0.4 is 4.90 Å². The van der Waals surface area contributed by atoms with E-state index in [-0.39, 0.29) is 23.8 Å². The summed E-state index contributed by atoms with van der Waals surface area (Å²) in [5, 5.41) is 0. The number of ketones is 1. The molecule has 0 radical (unpaired) electrons. The summed E-state index contributed by atoms with van der Waals surface area (Å²) in [5.74, 6) is 0.316. The molecule has 0 unspecified atom stereocenters. The molecule has 3 rings (SSSR count). The third-order valence-electron chi connectivity index (χ3n) is 4.51. The molecule has 6 heteroatoms. The maximum atomic E-state index is 14.5. The Morgan fingerprint density at radius 1 is 1.11 bits per heavy atom. The molecule has 0 atom stereocenters. The van der Waals surface area contributed by atoms with E-state index in [1.807, 2.05) is 0 Å². The Labute approximate surface area is 162 Å². The van der Waals surface area contributed by atoms with Gasteiger partial charge in [-0.1, -0.05) is 37.3 Å². The Bertz CT molecular complexity index is 1010. The third kappa shape index (κ3) is 4.17. The van der Waals surface area contributed by atoms with E-state index < -0.39 is 5.82 Å². The predicted octanol–water partition coefficient (Wildman–Crippen LogP) is 4.59. The molecule has 0 aliphatic heterocycles. The Morgan fingerprint density at radius 2 is 1.79 bits per heavy atom. The summed E-state index contributed by atoms with van der Waals surface area (Å²) in [6.45, 7) is 3.51. The molecule has 0 saturated heterocycles. The summed E-state index contributed by atoms with van der Waals surface area (Å²) in [6.07, 6.45) is 1.98. The summed E-state index contributed by atoms with van der Waals surface area (Å²) in [4.78, 5) is 29.5. The van der Waals surface area contributed by atoms with Crippen molar-refractivity contribution in [3.63, 3.8) is 0 Å². The molecule has 0 fully saturated rings. The quantitative estimate of drug-likeness (QED) is 0.587. The van der Waals surface area contributed by atoms with Crippen molar-refractivity contribution < 1.29 is 18.4 Å². The molecular weight excluding hydrogens is 359 g/mol. The highest BCUT2D eigenvalue weighted by Crippen LogP contribution is 2.27. The largest absolute Gasteiger partial charge is 0.446 e. The number of oxazole rings is 1. The number of carbonyl (C=O) groups excluding carboxylic acids is 2. The minimum atomic E-state index is -0.471. The van der Waals surface area contributed by atoms with Gasteiger partial charge >= 0.3 is 0 Å². The summed E-state index contributed by atoms with van der Waals surface area (Å²) >= 11 is 0. The van der Waals surface area contributed by atoms with Crippen LogP contribution in [0.3, 0.4) is 0 Å². The molecule has 1 heterocycles. The molecule has 3 aromatic rings. The highest BCUT2D eigenvalue weighted by atomic mass is 19.1. The zero-order valence-electron chi connectivity index (χ0n) is 16.0. The van der Waals surface area contributed by atoms with Crippen LogP contribution in [0, 0.1) is 12.7 Å². The summed E-state index contributed by atoms with van der Waals surface area (Å²) in [7, 11) is 1.56. The molecule has 2 aromatic carbocycles. The minimum absolute atomic E-state index is 0.0916. The third-order valence-corrected chi connectivity index (χ3v) is 4.51. The molecule has 0 aliphatic rings. The number of aryl methyl sites for hydroxylation is 1. The van der Waals surface area contributed by atoms with E-state index >= 15 is 0 Å². The van der Waals surface area contributed by atoms with Gasteiger partial charge in [0.15, 0.2) is 5.78 Å². The smallest absolute Gasteiger partial charge is 0.226 e. The average Bonchev–Trinajstić information content (AvgIpc) is 3.11. The number of halogens is 1.